The second kappa shape index (κ2) is 11.5. The summed E-state index contributed by atoms with van der Waals surface area (Å²) in [7, 11) is 6.09. The molecule has 0 aromatic heterocycles. The summed E-state index contributed by atoms with van der Waals surface area (Å²) >= 11 is 0. The molecular weight excluding hydrogens is 390 g/mol. The molecule has 9 heteroatoms. The minimum Gasteiger partial charge on any atom is -0.493 e. The van der Waals surface area contributed by atoms with Crippen molar-refractivity contribution in [2.45, 2.75) is 6.42 Å². The van der Waals surface area contributed by atoms with E-state index >= 15 is 0 Å². The molecule has 0 radical (unpaired) electrons. The average molecular weight is 417 g/mol. The Labute approximate surface area is 175 Å². The van der Waals surface area contributed by atoms with Crippen molar-refractivity contribution >= 4 is 23.3 Å². The normalized spacial score (nSPS) is 10.1. The first-order chi connectivity index (χ1) is 14.5. The number of methoxy groups -OCH3 is 4. The number of hydrogen-bond donors (Lipinski definition) is 3. The number of rotatable bonds is 10. The zero-order valence-electron chi connectivity index (χ0n) is 17.5. The van der Waals surface area contributed by atoms with Crippen molar-refractivity contribution < 1.29 is 28.5 Å². The Hall–Kier alpha value is -3.46. The van der Waals surface area contributed by atoms with Gasteiger partial charge in [0.15, 0.2) is 11.5 Å². The maximum Gasteiger partial charge on any atom is 0.323 e. The summed E-state index contributed by atoms with van der Waals surface area (Å²) in [4.78, 5) is 24.2. The van der Waals surface area contributed by atoms with Crippen LogP contribution in [0.2, 0.25) is 0 Å². The van der Waals surface area contributed by atoms with E-state index in [0.29, 0.717) is 41.8 Å². The van der Waals surface area contributed by atoms with Gasteiger partial charge in [0.25, 0.3) is 0 Å². The number of hydrogen-bond acceptors (Lipinski definition) is 6. The molecule has 3 amide bonds. The molecule has 30 heavy (non-hydrogen) atoms. The van der Waals surface area contributed by atoms with Crippen LogP contribution in [0.15, 0.2) is 36.4 Å². The monoisotopic (exact) mass is 417 g/mol. The zero-order chi connectivity index (χ0) is 21.9. The molecule has 0 fully saturated rings. The zero-order valence-corrected chi connectivity index (χ0v) is 17.5. The Bertz CT molecular complexity index is 829. The van der Waals surface area contributed by atoms with Gasteiger partial charge < -0.3 is 34.9 Å². The third-order valence-electron chi connectivity index (χ3n) is 4.13. The molecule has 3 N–H and O–H groups in total. The van der Waals surface area contributed by atoms with E-state index in [2.05, 4.69) is 16.0 Å². The predicted molar refractivity (Wildman–Crippen MR) is 114 cm³/mol. The summed E-state index contributed by atoms with van der Waals surface area (Å²) < 4.78 is 20.7. The Morgan fingerprint density at radius 2 is 1.43 bits per heavy atom. The topological polar surface area (TPSA) is 107 Å². The molecule has 0 bridgehead atoms. The summed E-state index contributed by atoms with van der Waals surface area (Å²) in [5, 5.41) is 8.22. The van der Waals surface area contributed by atoms with Crippen LogP contribution in [-0.2, 0) is 16.0 Å². The molecule has 0 saturated heterocycles. The minimum atomic E-state index is -0.436. The van der Waals surface area contributed by atoms with Crippen LogP contribution in [-0.4, -0.2) is 53.5 Å². The van der Waals surface area contributed by atoms with Gasteiger partial charge in [0, 0.05) is 31.5 Å². The largest absolute Gasteiger partial charge is 0.493 e. The fraction of sp³-hybridized carbons (Fsp3) is 0.333. The van der Waals surface area contributed by atoms with E-state index in [0.717, 1.165) is 5.56 Å². The van der Waals surface area contributed by atoms with E-state index in [1.165, 1.54) is 21.3 Å². The molecule has 0 unspecified atom stereocenters. The number of amides is 3. The van der Waals surface area contributed by atoms with Crippen LogP contribution in [0.25, 0.3) is 0 Å². The molecule has 2 aromatic rings. The minimum absolute atomic E-state index is 0.0899. The van der Waals surface area contributed by atoms with Crippen LogP contribution in [0.4, 0.5) is 16.2 Å². The van der Waals surface area contributed by atoms with E-state index in [9.17, 15) is 9.59 Å². The van der Waals surface area contributed by atoms with Crippen LogP contribution < -0.4 is 30.2 Å². The first-order valence-electron chi connectivity index (χ1n) is 9.23. The smallest absolute Gasteiger partial charge is 0.323 e. The summed E-state index contributed by atoms with van der Waals surface area (Å²) in [5.74, 6) is 1.21. The molecule has 0 atom stereocenters. The third kappa shape index (κ3) is 6.56. The highest BCUT2D eigenvalue weighted by molar-refractivity contribution is 6.00. The number of carbonyl (C=O) groups is 2. The predicted octanol–water partition coefficient (Wildman–Crippen LogP) is 2.66. The van der Waals surface area contributed by atoms with Gasteiger partial charge in [0.05, 0.1) is 40.0 Å². The highest BCUT2D eigenvalue weighted by Crippen LogP contribution is 2.39. The number of urea groups is 1. The van der Waals surface area contributed by atoms with Gasteiger partial charge in [-0.15, -0.1) is 0 Å². The SMILES string of the molecule is COCCNC(=O)Cc1ccc(NC(=O)Nc2cc(OC)c(OC)c(OC)c2)cc1. The van der Waals surface area contributed by atoms with Crippen molar-refractivity contribution in [1.82, 2.24) is 5.32 Å². The van der Waals surface area contributed by atoms with Crippen LogP contribution in [0.5, 0.6) is 17.2 Å². The molecule has 0 aliphatic rings. The first-order valence-corrected chi connectivity index (χ1v) is 9.23. The number of benzene rings is 2. The van der Waals surface area contributed by atoms with Gasteiger partial charge in [-0.1, -0.05) is 12.1 Å². The maximum absolute atomic E-state index is 12.3. The van der Waals surface area contributed by atoms with Crippen LogP contribution >= 0.6 is 0 Å². The Kier molecular flexibility index (Phi) is 8.76. The molecule has 0 aliphatic carbocycles. The summed E-state index contributed by atoms with van der Waals surface area (Å²) in [6, 6.07) is 9.85. The van der Waals surface area contributed by atoms with Crippen molar-refractivity contribution in [2.75, 3.05) is 52.2 Å². The fourth-order valence-corrected chi connectivity index (χ4v) is 2.69. The lowest BCUT2D eigenvalue weighted by Crippen LogP contribution is -2.28. The molecule has 2 aromatic carbocycles. The lowest BCUT2D eigenvalue weighted by molar-refractivity contribution is -0.120. The Balaban J connectivity index is 1.96. The third-order valence-corrected chi connectivity index (χ3v) is 4.13. The Morgan fingerprint density at radius 1 is 0.833 bits per heavy atom. The lowest BCUT2D eigenvalue weighted by Gasteiger charge is -2.15. The number of ether oxygens (including phenoxy) is 4. The summed E-state index contributed by atoms with van der Waals surface area (Å²) in [5.41, 5.74) is 1.90. The van der Waals surface area contributed by atoms with Crippen LogP contribution in [0.3, 0.4) is 0 Å². The van der Waals surface area contributed by atoms with Crippen molar-refractivity contribution in [1.29, 1.82) is 0 Å². The van der Waals surface area contributed by atoms with Gasteiger partial charge in [-0.3, -0.25) is 4.79 Å². The van der Waals surface area contributed by atoms with Gasteiger partial charge in [-0.05, 0) is 17.7 Å². The van der Waals surface area contributed by atoms with Crippen molar-refractivity contribution in [3.05, 3.63) is 42.0 Å². The highest BCUT2D eigenvalue weighted by Gasteiger charge is 2.14. The van der Waals surface area contributed by atoms with Gasteiger partial charge in [-0.2, -0.15) is 0 Å². The summed E-state index contributed by atoms with van der Waals surface area (Å²) in [6.45, 7) is 0.936. The number of carbonyl (C=O) groups excluding carboxylic acids is 2. The molecular formula is C21H27N3O6. The molecule has 9 nitrogen and oxygen atoms in total. The van der Waals surface area contributed by atoms with E-state index in [1.54, 1.807) is 43.5 Å². The van der Waals surface area contributed by atoms with Gasteiger partial charge >= 0.3 is 6.03 Å². The number of anilines is 2. The standard InChI is InChI=1S/C21H27N3O6/c1-27-10-9-22-19(25)11-14-5-7-15(8-6-14)23-21(26)24-16-12-17(28-2)20(30-4)18(13-16)29-3/h5-8,12-13H,9-11H2,1-4H3,(H,22,25)(H2,23,24,26). The second-order valence-electron chi connectivity index (χ2n) is 6.21. The van der Waals surface area contributed by atoms with Crippen LogP contribution in [0.1, 0.15) is 5.56 Å². The molecule has 0 aliphatic heterocycles. The van der Waals surface area contributed by atoms with E-state index < -0.39 is 6.03 Å². The first kappa shape index (κ1) is 22.8. The van der Waals surface area contributed by atoms with Gasteiger partial charge in [0.1, 0.15) is 0 Å². The highest BCUT2D eigenvalue weighted by atomic mass is 16.5. The maximum atomic E-state index is 12.3. The molecule has 162 valence electrons. The number of nitrogens with one attached hydrogen (secondary N) is 3. The van der Waals surface area contributed by atoms with E-state index in [-0.39, 0.29) is 12.3 Å². The quantitative estimate of drug-likeness (QED) is 0.513. The van der Waals surface area contributed by atoms with Gasteiger partial charge in [-0.25, -0.2) is 4.79 Å². The molecule has 0 saturated carbocycles. The summed E-state index contributed by atoms with van der Waals surface area (Å²) in [6.07, 6.45) is 0.252. The van der Waals surface area contributed by atoms with Crippen molar-refractivity contribution in [2.24, 2.45) is 0 Å². The Morgan fingerprint density at radius 3 is 1.97 bits per heavy atom. The van der Waals surface area contributed by atoms with Gasteiger partial charge in [0.2, 0.25) is 11.7 Å². The fourth-order valence-electron chi connectivity index (χ4n) is 2.69. The average Bonchev–Trinajstić information content (AvgIpc) is 2.74. The molecule has 0 spiro atoms. The van der Waals surface area contributed by atoms with E-state index in [1.807, 2.05) is 0 Å². The van der Waals surface area contributed by atoms with Crippen molar-refractivity contribution in [3.8, 4) is 17.2 Å². The van der Waals surface area contributed by atoms with Crippen molar-refractivity contribution in [3.63, 3.8) is 0 Å². The molecule has 2 rings (SSSR count). The lowest BCUT2D eigenvalue weighted by atomic mass is 10.1. The molecule has 0 heterocycles. The second-order valence-corrected chi connectivity index (χ2v) is 6.21. The van der Waals surface area contributed by atoms with E-state index in [4.69, 9.17) is 18.9 Å². The van der Waals surface area contributed by atoms with Crippen LogP contribution in [0, 0.1) is 0 Å².